The standard InChI is InChI=1S/C11H12N6S/c1-7-3-4-9(18-7)8(2)12-10-5-6-11-13-15-16-17(11)14-10/h3-6,8H,1-2H3,(H,12,14). The van der Waals surface area contributed by atoms with Crippen molar-refractivity contribution in [2.45, 2.75) is 19.9 Å². The van der Waals surface area contributed by atoms with E-state index in [1.807, 2.05) is 12.1 Å². The fourth-order valence-corrected chi connectivity index (χ4v) is 2.59. The summed E-state index contributed by atoms with van der Waals surface area (Å²) in [6, 6.07) is 8.18. The molecule has 1 atom stereocenters. The summed E-state index contributed by atoms with van der Waals surface area (Å²) in [6.45, 7) is 4.21. The number of hydrogen-bond donors (Lipinski definition) is 1. The fraction of sp³-hybridized carbons (Fsp3) is 0.273. The van der Waals surface area contributed by atoms with Crippen LogP contribution in [-0.4, -0.2) is 25.3 Å². The van der Waals surface area contributed by atoms with Crippen molar-refractivity contribution in [1.29, 1.82) is 0 Å². The van der Waals surface area contributed by atoms with Crippen molar-refractivity contribution < 1.29 is 0 Å². The van der Waals surface area contributed by atoms with Gasteiger partial charge in [-0.1, -0.05) is 0 Å². The number of hydrogen-bond acceptors (Lipinski definition) is 6. The van der Waals surface area contributed by atoms with Gasteiger partial charge >= 0.3 is 0 Å². The number of aromatic nitrogens is 5. The molecule has 1 unspecified atom stereocenters. The molecule has 0 aliphatic heterocycles. The second kappa shape index (κ2) is 4.34. The van der Waals surface area contributed by atoms with Gasteiger partial charge in [0.05, 0.1) is 6.04 Å². The number of nitrogens with one attached hydrogen (secondary N) is 1. The molecule has 3 aromatic rings. The van der Waals surface area contributed by atoms with Crippen molar-refractivity contribution in [3.05, 3.63) is 34.0 Å². The van der Waals surface area contributed by atoms with Gasteiger partial charge in [0.1, 0.15) is 5.82 Å². The average molecular weight is 260 g/mol. The highest BCUT2D eigenvalue weighted by atomic mass is 32.1. The molecule has 6 nitrogen and oxygen atoms in total. The smallest absolute Gasteiger partial charge is 0.200 e. The number of thiophene rings is 1. The molecule has 3 heterocycles. The van der Waals surface area contributed by atoms with Gasteiger partial charge in [0, 0.05) is 9.75 Å². The molecule has 0 spiro atoms. The number of tetrazole rings is 1. The first-order valence-electron chi connectivity index (χ1n) is 5.61. The first kappa shape index (κ1) is 11.1. The summed E-state index contributed by atoms with van der Waals surface area (Å²) in [4.78, 5) is 2.59. The zero-order valence-electron chi connectivity index (χ0n) is 10.0. The lowest BCUT2D eigenvalue weighted by molar-refractivity contribution is 0.729. The lowest BCUT2D eigenvalue weighted by atomic mass is 10.2. The van der Waals surface area contributed by atoms with Crippen LogP contribution in [-0.2, 0) is 0 Å². The molecular weight excluding hydrogens is 248 g/mol. The largest absolute Gasteiger partial charge is 0.361 e. The Morgan fingerprint density at radius 2 is 2.17 bits per heavy atom. The SMILES string of the molecule is Cc1ccc(C(C)Nc2ccc3nnnn3n2)s1. The van der Waals surface area contributed by atoms with E-state index in [4.69, 9.17) is 0 Å². The average Bonchev–Trinajstić information content (AvgIpc) is 2.96. The van der Waals surface area contributed by atoms with Crippen molar-refractivity contribution in [2.75, 3.05) is 5.32 Å². The molecule has 0 saturated heterocycles. The number of aryl methyl sites for hydroxylation is 1. The van der Waals surface area contributed by atoms with E-state index in [1.54, 1.807) is 11.3 Å². The van der Waals surface area contributed by atoms with Crippen molar-refractivity contribution in [3.63, 3.8) is 0 Å². The monoisotopic (exact) mass is 260 g/mol. The topological polar surface area (TPSA) is 68.0 Å². The van der Waals surface area contributed by atoms with Crippen molar-refractivity contribution in [1.82, 2.24) is 25.3 Å². The van der Waals surface area contributed by atoms with Crippen molar-refractivity contribution in [3.8, 4) is 0 Å². The van der Waals surface area contributed by atoms with Crippen LogP contribution >= 0.6 is 11.3 Å². The van der Waals surface area contributed by atoms with Crippen molar-refractivity contribution >= 4 is 22.8 Å². The Hall–Kier alpha value is -2.02. The van der Waals surface area contributed by atoms with E-state index < -0.39 is 0 Å². The van der Waals surface area contributed by atoms with Gasteiger partial charge in [0.15, 0.2) is 5.65 Å². The summed E-state index contributed by atoms with van der Waals surface area (Å²) >= 11 is 1.78. The van der Waals surface area contributed by atoms with Gasteiger partial charge in [-0.15, -0.1) is 26.2 Å². The van der Waals surface area contributed by atoms with Gasteiger partial charge in [-0.3, -0.25) is 0 Å². The number of fused-ring (bicyclic) bond motifs is 1. The molecule has 18 heavy (non-hydrogen) atoms. The minimum Gasteiger partial charge on any atom is -0.361 e. The second-order valence-electron chi connectivity index (χ2n) is 4.06. The molecule has 92 valence electrons. The second-order valence-corrected chi connectivity index (χ2v) is 5.38. The number of nitrogens with zero attached hydrogens (tertiary/aromatic N) is 5. The molecule has 0 bridgehead atoms. The van der Waals surface area contributed by atoms with Gasteiger partial charge < -0.3 is 5.32 Å². The first-order valence-corrected chi connectivity index (χ1v) is 6.42. The highest BCUT2D eigenvalue weighted by Crippen LogP contribution is 2.24. The van der Waals surface area contributed by atoms with Crippen LogP contribution in [0.2, 0.25) is 0 Å². The van der Waals surface area contributed by atoms with Crippen LogP contribution in [0.3, 0.4) is 0 Å². The Morgan fingerprint density at radius 3 is 2.94 bits per heavy atom. The van der Waals surface area contributed by atoms with E-state index in [2.05, 4.69) is 51.9 Å². The van der Waals surface area contributed by atoms with E-state index >= 15 is 0 Å². The van der Waals surface area contributed by atoms with E-state index in [1.165, 1.54) is 14.4 Å². The molecular formula is C11H12N6S. The van der Waals surface area contributed by atoms with Crippen LogP contribution < -0.4 is 5.32 Å². The minimum atomic E-state index is 0.213. The number of anilines is 1. The van der Waals surface area contributed by atoms with Crippen LogP contribution in [0, 0.1) is 6.92 Å². The molecule has 0 saturated carbocycles. The van der Waals surface area contributed by atoms with Gasteiger partial charge in [-0.25, -0.2) is 0 Å². The van der Waals surface area contributed by atoms with Gasteiger partial charge in [-0.2, -0.15) is 0 Å². The molecule has 0 aliphatic rings. The van der Waals surface area contributed by atoms with Crippen LogP contribution in [0.25, 0.3) is 5.65 Å². The highest BCUT2D eigenvalue weighted by Gasteiger charge is 2.09. The molecule has 0 aromatic carbocycles. The zero-order chi connectivity index (χ0) is 12.5. The van der Waals surface area contributed by atoms with E-state index in [-0.39, 0.29) is 6.04 Å². The summed E-state index contributed by atoms with van der Waals surface area (Å²) < 4.78 is 1.41. The Balaban J connectivity index is 1.83. The van der Waals surface area contributed by atoms with E-state index in [9.17, 15) is 0 Å². The molecule has 0 radical (unpaired) electrons. The lowest BCUT2D eigenvalue weighted by Gasteiger charge is -2.12. The maximum atomic E-state index is 4.28. The van der Waals surface area contributed by atoms with E-state index in [0.29, 0.717) is 5.65 Å². The van der Waals surface area contributed by atoms with Crippen molar-refractivity contribution in [2.24, 2.45) is 0 Å². The summed E-state index contributed by atoms with van der Waals surface area (Å²) in [7, 11) is 0. The summed E-state index contributed by atoms with van der Waals surface area (Å²) in [5.41, 5.74) is 0.639. The number of rotatable bonds is 3. The Bertz CT molecular complexity index is 673. The zero-order valence-corrected chi connectivity index (χ0v) is 10.8. The van der Waals surface area contributed by atoms with Crippen LogP contribution in [0.5, 0.6) is 0 Å². The molecule has 0 aliphatic carbocycles. The predicted molar refractivity (Wildman–Crippen MR) is 69.7 cm³/mol. The molecule has 0 amide bonds. The van der Waals surface area contributed by atoms with Crippen LogP contribution in [0.15, 0.2) is 24.3 Å². The maximum absolute atomic E-state index is 4.28. The molecule has 3 rings (SSSR count). The minimum absolute atomic E-state index is 0.213. The molecule has 7 heteroatoms. The first-order chi connectivity index (χ1) is 8.72. The Morgan fingerprint density at radius 1 is 1.28 bits per heavy atom. The quantitative estimate of drug-likeness (QED) is 0.780. The third-order valence-corrected chi connectivity index (χ3v) is 3.81. The van der Waals surface area contributed by atoms with Crippen LogP contribution in [0.1, 0.15) is 22.7 Å². The summed E-state index contributed by atoms with van der Waals surface area (Å²) in [6.07, 6.45) is 0. The predicted octanol–water partition coefficient (Wildman–Crippen LogP) is 2.06. The molecule has 3 aromatic heterocycles. The molecule has 0 fully saturated rings. The highest BCUT2D eigenvalue weighted by molar-refractivity contribution is 7.12. The third kappa shape index (κ3) is 2.04. The Kier molecular flexibility index (Phi) is 2.67. The van der Waals surface area contributed by atoms with Gasteiger partial charge in [0.2, 0.25) is 0 Å². The van der Waals surface area contributed by atoms with Gasteiger partial charge in [-0.05, 0) is 48.5 Å². The van der Waals surface area contributed by atoms with E-state index in [0.717, 1.165) is 5.82 Å². The maximum Gasteiger partial charge on any atom is 0.200 e. The van der Waals surface area contributed by atoms with Gasteiger partial charge in [0.25, 0.3) is 0 Å². The fourth-order valence-electron chi connectivity index (χ4n) is 1.71. The normalized spacial score (nSPS) is 12.8. The lowest BCUT2D eigenvalue weighted by Crippen LogP contribution is -2.08. The van der Waals surface area contributed by atoms with Crippen LogP contribution in [0.4, 0.5) is 5.82 Å². The third-order valence-electron chi connectivity index (χ3n) is 2.62. The summed E-state index contributed by atoms with van der Waals surface area (Å²) in [5.74, 6) is 0.758. The molecule has 1 N–H and O–H groups in total. The summed E-state index contributed by atoms with van der Waals surface area (Å²) in [5, 5.41) is 18.8. The Labute approximate surface area is 108 Å².